The highest BCUT2D eigenvalue weighted by Gasteiger charge is 2.20. The molecule has 4 nitrogen and oxygen atoms in total. The van der Waals surface area contributed by atoms with E-state index in [0.717, 1.165) is 54.0 Å². The number of rotatable bonds is 4. The largest absolute Gasteiger partial charge is 0.355 e. The van der Waals surface area contributed by atoms with E-state index in [9.17, 15) is 0 Å². The minimum Gasteiger partial charge on any atom is -0.355 e. The molecule has 2 aliphatic rings. The van der Waals surface area contributed by atoms with Crippen molar-refractivity contribution in [2.75, 3.05) is 0 Å². The van der Waals surface area contributed by atoms with E-state index in [1.54, 1.807) is 0 Å². The van der Waals surface area contributed by atoms with Gasteiger partial charge in [-0.3, -0.25) is 0 Å². The molecule has 5 rings (SSSR count). The highest BCUT2D eigenvalue weighted by Crippen LogP contribution is 2.36. The van der Waals surface area contributed by atoms with Gasteiger partial charge in [-0.1, -0.05) is 27.7 Å². The SMILES string of the molecule is CCC1=C(C)c2cc3nc(cc4[nH]c(cc5[nH]c(cc1n2)c(C)c5CC)c(C)c4CC)C(CC)=C3C. The van der Waals surface area contributed by atoms with Crippen LogP contribution in [0.15, 0.2) is 24.3 Å². The fourth-order valence-electron chi connectivity index (χ4n) is 6.02. The summed E-state index contributed by atoms with van der Waals surface area (Å²) >= 11 is 0. The molecule has 2 aliphatic heterocycles. The van der Waals surface area contributed by atoms with E-state index >= 15 is 0 Å². The Labute approximate surface area is 214 Å². The van der Waals surface area contributed by atoms with Crippen LogP contribution in [0.5, 0.6) is 0 Å². The Balaban J connectivity index is 2.00. The van der Waals surface area contributed by atoms with Gasteiger partial charge in [0, 0.05) is 22.1 Å². The van der Waals surface area contributed by atoms with Gasteiger partial charge in [-0.05, 0) is 122 Å². The molecule has 0 amide bonds. The number of H-pyrrole nitrogens is 2. The van der Waals surface area contributed by atoms with Gasteiger partial charge in [-0.2, -0.15) is 0 Å². The van der Waals surface area contributed by atoms with Gasteiger partial charge in [0.15, 0.2) is 0 Å². The van der Waals surface area contributed by atoms with Crippen LogP contribution in [0.2, 0.25) is 0 Å². The summed E-state index contributed by atoms with van der Waals surface area (Å²) in [5.74, 6) is 0. The van der Waals surface area contributed by atoms with Crippen LogP contribution >= 0.6 is 0 Å². The molecule has 0 fully saturated rings. The minimum absolute atomic E-state index is 0.953. The van der Waals surface area contributed by atoms with Crippen molar-refractivity contribution in [3.63, 3.8) is 0 Å². The molecule has 0 aromatic carbocycles. The Kier molecular flexibility index (Phi) is 6.23. The van der Waals surface area contributed by atoms with E-state index in [-0.39, 0.29) is 0 Å². The van der Waals surface area contributed by atoms with Gasteiger partial charge >= 0.3 is 0 Å². The zero-order chi connectivity index (χ0) is 25.7. The van der Waals surface area contributed by atoms with Crippen LogP contribution in [0.3, 0.4) is 0 Å². The normalized spacial score (nSPS) is 13.8. The Hall–Kier alpha value is -3.40. The van der Waals surface area contributed by atoms with E-state index in [4.69, 9.17) is 9.97 Å². The zero-order valence-electron chi connectivity index (χ0n) is 23.0. The van der Waals surface area contributed by atoms with Gasteiger partial charge in [0.05, 0.1) is 22.8 Å². The lowest BCUT2D eigenvalue weighted by Gasteiger charge is -2.00. The standard InChI is InChI=1S/C32H38N4/c1-9-21-17(5)25-13-26-18(6)23(11-3)31(34-26)16-32-24(12-4)20(8)28(36-32)15-30-22(10-2)19(7)27(35-30)14-29(21)33-25/h13-16,35-36H,9-12H2,1-8H3. The van der Waals surface area contributed by atoms with Crippen LogP contribution in [0.1, 0.15) is 99.4 Å². The number of aryl methyl sites for hydroxylation is 4. The highest BCUT2D eigenvalue weighted by molar-refractivity contribution is 5.95. The smallest absolute Gasteiger partial charge is 0.0693 e. The molecule has 0 radical (unpaired) electrons. The lowest BCUT2D eigenvalue weighted by atomic mass is 10.0. The zero-order valence-corrected chi connectivity index (χ0v) is 23.0. The molecular weight excluding hydrogens is 440 g/mol. The second-order valence-corrected chi connectivity index (χ2v) is 10.1. The molecule has 5 heterocycles. The molecule has 0 atom stereocenters. The molecule has 186 valence electrons. The van der Waals surface area contributed by atoms with E-state index in [1.807, 2.05) is 0 Å². The number of allylic oxidation sites excluding steroid dienone is 4. The first-order valence-electron chi connectivity index (χ1n) is 13.4. The summed E-state index contributed by atoms with van der Waals surface area (Å²) in [6.07, 6.45) is 3.86. The van der Waals surface area contributed by atoms with Crippen LogP contribution in [0.25, 0.3) is 44.4 Å². The predicted molar refractivity (Wildman–Crippen MR) is 155 cm³/mol. The van der Waals surface area contributed by atoms with Crippen LogP contribution in [0.4, 0.5) is 0 Å². The molecule has 0 spiro atoms. The van der Waals surface area contributed by atoms with Crippen molar-refractivity contribution in [2.45, 2.75) is 81.1 Å². The average Bonchev–Trinajstić information content (AvgIpc) is 3.51. The molecule has 36 heavy (non-hydrogen) atoms. The van der Waals surface area contributed by atoms with Gasteiger partial charge in [-0.15, -0.1) is 0 Å². The molecule has 0 saturated carbocycles. The van der Waals surface area contributed by atoms with Crippen LogP contribution in [0, 0.1) is 13.8 Å². The van der Waals surface area contributed by atoms with E-state index in [2.05, 4.69) is 89.6 Å². The number of hydrogen-bond acceptors (Lipinski definition) is 2. The predicted octanol–water partition coefficient (Wildman–Crippen LogP) is 8.74. The fourth-order valence-corrected chi connectivity index (χ4v) is 6.02. The van der Waals surface area contributed by atoms with Crippen molar-refractivity contribution in [2.24, 2.45) is 0 Å². The third-order valence-corrected chi connectivity index (χ3v) is 8.21. The van der Waals surface area contributed by atoms with Crippen molar-refractivity contribution in [1.29, 1.82) is 0 Å². The molecule has 3 aromatic heterocycles. The summed E-state index contributed by atoms with van der Waals surface area (Å²) in [4.78, 5) is 17.7. The molecular formula is C32H38N4. The Morgan fingerprint density at radius 1 is 0.500 bits per heavy atom. The maximum atomic E-state index is 5.13. The van der Waals surface area contributed by atoms with Gasteiger partial charge < -0.3 is 9.97 Å². The Morgan fingerprint density at radius 3 is 1.36 bits per heavy atom. The van der Waals surface area contributed by atoms with E-state index in [0.29, 0.717) is 0 Å². The van der Waals surface area contributed by atoms with Gasteiger partial charge in [0.2, 0.25) is 0 Å². The summed E-state index contributed by atoms with van der Waals surface area (Å²) in [6.45, 7) is 17.8. The van der Waals surface area contributed by atoms with Gasteiger partial charge in [0.1, 0.15) is 0 Å². The second kappa shape index (κ2) is 9.24. The van der Waals surface area contributed by atoms with Crippen molar-refractivity contribution >= 4 is 44.4 Å². The highest BCUT2D eigenvalue weighted by atomic mass is 14.8. The summed E-state index contributed by atoms with van der Waals surface area (Å²) < 4.78 is 0. The number of nitrogens with one attached hydrogen (secondary N) is 2. The van der Waals surface area contributed by atoms with E-state index < -0.39 is 0 Å². The summed E-state index contributed by atoms with van der Waals surface area (Å²) in [5.41, 5.74) is 19.3. The third kappa shape index (κ3) is 3.75. The van der Waals surface area contributed by atoms with Crippen LogP contribution in [-0.2, 0) is 12.8 Å². The van der Waals surface area contributed by atoms with Crippen LogP contribution < -0.4 is 0 Å². The maximum absolute atomic E-state index is 5.13. The lowest BCUT2D eigenvalue weighted by molar-refractivity contribution is 1.14. The maximum Gasteiger partial charge on any atom is 0.0693 e. The minimum atomic E-state index is 0.953. The summed E-state index contributed by atoms with van der Waals surface area (Å²) in [5, 5.41) is 0. The van der Waals surface area contributed by atoms with Crippen LogP contribution in [-0.4, -0.2) is 19.9 Å². The van der Waals surface area contributed by atoms with Crippen molar-refractivity contribution in [3.8, 4) is 0 Å². The number of nitrogens with zero attached hydrogens (tertiary/aromatic N) is 2. The Morgan fingerprint density at radius 2 is 0.917 bits per heavy atom. The molecule has 2 N–H and O–H groups in total. The summed E-state index contributed by atoms with van der Waals surface area (Å²) in [7, 11) is 0. The lowest BCUT2D eigenvalue weighted by Crippen LogP contribution is -1.83. The second-order valence-electron chi connectivity index (χ2n) is 10.1. The number of aromatic amines is 2. The molecule has 0 saturated heterocycles. The van der Waals surface area contributed by atoms with Gasteiger partial charge in [-0.25, -0.2) is 9.97 Å². The molecule has 3 aromatic rings. The molecule has 8 bridgehead atoms. The monoisotopic (exact) mass is 478 g/mol. The van der Waals surface area contributed by atoms with Crippen molar-refractivity contribution in [1.82, 2.24) is 19.9 Å². The molecule has 0 unspecified atom stereocenters. The molecule has 4 heteroatoms. The topological polar surface area (TPSA) is 57.4 Å². The fraction of sp³-hybridized carbons (Fsp3) is 0.375. The number of hydrogen-bond donors (Lipinski definition) is 2. The molecule has 0 aliphatic carbocycles. The van der Waals surface area contributed by atoms with E-state index in [1.165, 1.54) is 61.1 Å². The summed E-state index contributed by atoms with van der Waals surface area (Å²) in [6, 6.07) is 8.98. The van der Waals surface area contributed by atoms with Crippen molar-refractivity contribution in [3.05, 3.63) is 69.3 Å². The quantitative estimate of drug-likeness (QED) is 0.394. The first kappa shape index (κ1) is 24.3. The Bertz CT molecular complexity index is 1600. The number of fused-ring (bicyclic) bond motifs is 8. The first-order chi connectivity index (χ1) is 17.3. The average molecular weight is 479 g/mol. The van der Waals surface area contributed by atoms with Crippen molar-refractivity contribution < 1.29 is 0 Å². The number of aromatic nitrogens is 4. The first-order valence-corrected chi connectivity index (χ1v) is 13.4. The third-order valence-electron chi connectivity index (χ3n) is 8.21. The van der Waals surface area contributed by atoms with Gasteiger partial charge in [0.25, 0.3) is 0 Å².